The van der Waals surface area contributed by atoms with Crippen molar-refractivity contribution in [3.63, 3.8) is 0 Å². The van der Waals surface area contributed by atoms with Gasteiger partial charge in [-0.2, -0.15) is 18.2 Å². The Bertz CT molecular complexity index is 1050. The highest BCUT2D eigenvalue weighted by molar-refractivity contribution is 6.03. The Morgan fingerprint density at radius 1 is 1.23 bits per heavy atom. The van der Waals surface area contributed by atoms with E-state index in [4.69, 9.17) is 0 Å². The lowest BCUT2D eigenvalue weighted by molar-refractivity contribution is -0.145. The first-order valence-corrected chi connectivity index (χ1v) is 9.86. The topological polar surface area (TPSA) is 88.4 Å². The molecule has 9 heteroatoms. The quantitative estimate of drug-likeness (QED) is 0.340. The van der Waals surface area contributed by atoms with Crippen LogP contribution in [-0.4, -0.2) is 34.3 Å². The Morgan fingerprint density at radius 2 is 1.93 bits per heavy atom. The molecule has 3 saturated carbocycles. The number of hydrogen-bond donors (Lipinski definition) is 2. The molecule has 0 radical (unpaired) electrons. The van der Waals surface area contributed by atoms with Gasteiger partial charge in [0.25, 0.3) is 11.8 Å². The molecular formula is C21H18F3N3O3. The summed E-state index contributed by atoms with van der Waals surface area (Å²) in [4.78, 5) is 37.6. The van der Waals surface area contributed by atoms with E-state index in [-0.39, 0.29) is 29.2 Å². The van der Waals surface area contributed by atoms with Gasteiger partial charge in [-0.1, -0.05) is 12.2 Å². The van der Waals surface area contributed by atoms with Crippen molar-refractivity contribution in [2.24, 2.45) is 29.1 Å². The van der Waals surface area contributed by atoms with Crippen molar-refractivity contribution in [1.29, 1.82) is 0 Å². The normalized spacial score (nSPS) is 43.1. The molecule has 5 aliphatic carbocycles. The first-order chi connectivity index (χ1) is 14.1. The maximum atomic E-state index is 13.4. The molecule has 4 fully saturated rings. The van der Waals surface area contributed by atoms with Crippen molar-refractivity contribution in [2.75, 3.05) is 0 Å². The standard InChI is InChI=1S/C21H18F3N3O3/c1-18-12-6-7-14(19-8-13(19)15(12)19)20(18,26-18)17(30)27(9-28)25-16(29)10-2-4-11(5-3-10)21(22,23)24/h2-7,9,12-15,26H,8H2,1H3,(H,25,29)/t12?,13?,14?,15?,18-,19-,20+/m0/s1. The third-order valence-corrected chi connectivity index (χ3v) is 8.23. The molecule has 2 N–H and O–H groups in total. The molecule has 6 aliphatic rings. The predicted molar refractivity (Wildman–Crippen MR) is 96.2 cm³/mol. The number of carbonyl (C=O) groups excluding carboxylic acids is 3. The molecule has 0 aromatic heterocycles. The van der Waals surface area contributed by atoms with E-state index in [0.717, 1.165) is 30.7 Å². The molecule has 1 saturated heterocycles. The largest absolute Gasteiger partial charge is 0.416 e. The molecule has 1 aliphatic heterocycles. The molecule has 7 rings (SSSR count). The van der Waals surface area contributed by atoms with Gasteiger partial charge in [0, 0.05) is 17.4 Å². The Balaban J connectivity index is 1.24. The fraction of sp³-hybridized carbons (Fsp3) is 0.476. The monoisotopic (exact) mass is 417 g/mol. The second-order valence-corrected chi connectivity index (χ2v) is 9.27. The molecule has 1 aromatic rings. The summed E-state index contributed by atoms with van der Waals surface area (Å²) in [7, 11) is 0. The lowest BCUT2D eigenvalue weighted by atomic mass is 9.58. The molecule has 6 nitrogen and oxygen atoms in total. The number of halogens is 3. The minimum Gasteiger partial charge on any atom is -0.293 e. The molecule has 4 unspecified atom stereocenters. The Labute approximate surface area is 169 Å². The number of nitrogens with one attached hydrogen (secondary N) is 2. The Morgan fingerprint density at radius 3 is 2.53 bits per heavy atom. The van der Waals surface area contributed by atoms with Crippen LogP contribution >= 0.6 is 0 Å². The number of rotatable bonds is 3. The van der Waals surface area contributed by atoms with E-state index in [2.05, 4.69) is 22.9 Å². The van der Waals surface area contributed by atoms with Gasteiger partial charge in [0.05, 0.1) is 11.1 Å². The number of imide groups is 1. The molecule has 30 heavy (non-hydrogen) atoms. The summed E-state index contributed by atoms with van der Waals surface area (Å²) in [6.07, 6.45) is 1.07. The third kappa shape index (κ3) is 1.84. The number of alkyl halides is 3. The van der Waals surface area contributed by atoms with Crippen molar-refractivity contribution in [3.8, 4) is 0 Å². The van der Waals surface area contributed by atoms with Crippen molar-refractivity contribution in [1.82, 2.24) is 15.8 Å². The predicted octanol–water partition coefficient (Wildman–Crippen LogP) is 1.89. The van der Waals surface area contributed by atoms with Crippen molar-refractivity contribution < 1.29 is 27.6 Å². The van der Waals surface area contributed by atoms with Crippen LogP contribution in [0.1, 0.15) is 29.3 Å². The SMILES string of the molecule is C[C@@]12N[C@@]1(C(=O)N(C=O)NC(=O)c1ccc(C(F)(F)F)cc1)C1C=CC2C2C3C[C@@]321. The lowest BCUT2D eigenvalue weighted by Gasteiger charge is -2.44. The maximum Gasteiger partial charge on any atom is 0.416 e. The zero-order valence-electron chi connectivity index (χ0n) is 15.9. The van der Waals surface area contributed by atoms with Crippen LogP contribution in [0.25, 0.3) is 0 Å². The third-order valence-electron chi connectivity index (χ3n) is 8.23. The summed E-state index contributed by atoms with van der Waals surface area (Å²) < 4.78 is 38.1. The van der Waals surface area contributed by atoms with Crippen LogP contribution in [0.2, 0.25) is 0 Å². The summed E-state index contributed by atoms with van der Waals surface area (Å²) >= 11 is 0. The second kappa shape index (κ2) is 4.96. The van der Waals surface area contributed by atoms with Gasteiger partial charge in [-0.3, -0.25) is 25.1 Å². The van der Waals surface area contributed by atoms with Crippen molar-refractivity contribution in [2.45, 2.75) is 30.6 Å². The highest BCUT2D eigenvalue weighted by Gasteiger charge is 2.96. The highest BCUT2D eigenvalue weighted by Crippen LogP contribution is 2.93. The van der Waals surface area contributed by atoms with Gasteiger partial charge in [-0.05, 0) is 54.9 Å². The van der Waals surface area contributed by atoms with Gasteiger partial charge in [0.1, 0.15) is 5.54 Å². The van der Waals surface area contributed by atoms with Crippen LogP contribution in [0.15, 0.2) is 36.4 Å². The molecule has 156 valence electrons. The summed E-state index contributed by atoms with van der Waals surface area (Å²) in [6, 6.07) is 3.59. The molecule has 2 bridgehead atoms. The van der Waals surface area contributed by atoms with Crippen LogP contribution in [0.4, 0.5) is 13.2 Å². The van der Waals surface area contributed by atoms with Crippen LogP contribution in [0.5, 0.6) is 0 Å². The molecule has 1 heterocycles. The number of amides is 3. The van der Waals surface area contributed by atoms with Gasteiger partial charge in [0.2, 0.25) is 6.41 Å². The molecule has 1 aromatic carbocycles. The van der Waals surface area contributed by atoms with Crippen LogP contribution < -0.4 is 10.7 Å². The van der Waals surface area contributed by atoms with Crippen molar-refractivity contribution in [3.05, 3.63) is 47.5 Å². The first kappa shape index (κ1) is 18.1. The summed E-state index contributed by atoms with van der Waals surface area (Å²) in [5.74, 6) is 0.0956. The van der Waals surface area contributed by atoms with Gasteiger partial charge in [-0.15, -0.1) is 0 Å². The molecule has 1 spiro atoms. The van der Waals surface area contributed by atoms with E-state index >= 15 is 0 Å². The van der Waals surface area contributed by atoms with Gasteiger partial charge in [-0.25, -0.2) is 0 Å². The molecule has 3 amide bonds. The first-order valence-electron chi connectivity index (χ1n) is 9.86. The van der Waals surface area contributed by atoms with Gasteiger partial charge >= 0.3 is 6.18 Å². The summed E-state index contributed by atoms with van der Waals surface area (Å²) in [6.45, 7) is 1.98. The van der Waals surface area contributed by atoms with E-state index in [1.54, 1.807) is 0 Å². The van der Waals surface area contributed by atoms with E-state index in [9.17, 15) is 27.6 Å². The number of benzene rings is 1. The number of hydrazine groups is 1. The zero-order valence-corrected chi connectivity index (χ0v) is 15.9. The smallest absolute Gasteiger partial charge is 0.293 e. The van der Waals surface area contributed by atoms with E-state index < -0.39 is 34.6 Å². The Kier molecular flexibility index (Phi) is 3.00. The zero-order chi connectivity index (χ0) is 21.3. The average Bonchev–Trinajstić information content (AvgIpc) is 3.61. The fourth-order valence-electron chi connectivity index (χ4n) is 6.61. The number of nitrogens with zero attached hydrogens (tertiary/aromatic N) is 1. The van der Waals surface area contributed by atoms with E-state index in [0.29, 0.717) is 16.8 Å². The average molecular weight is 417 g/mol. The van der Waals surface area contributed by atoms with Crippen molar-refractivity contribution >= 4 is 18.2 Å². The van der Waals surface area contributed by atoms with E-state index in [1.165, 1.54) is 0 Å². The minimum absolute atomic E-state index is 0.0204. The summed E-state index contributed by atoms with van der Waals surface area (Å²) in [5.41, 5.74) is 0.0594. The molecular weight excluding hydrogens is 399 g/mol. The van der Waals surface area contributed by atoms with E-state index in [1.807, 2.05) is 6.92 Å². The minimum atomic E-state index is -4.52. The van der Waals surface area contributed by atoms with Crippen LogP contribution in [0, 0.1) is 29.1 Å². The molecule has 7 atom stereocenters. The van der Waals surface area contributed by atoms with Crippen LogP contribution in [0.3, 0.4) is 0 Å². The second-order valence-electron chi connectivity index (χ2n) is 9.27. The van der Waals surface area contributed by atoms with Gasteiger partial charge < -0.3 is 0 Å². The lowest BCUT2D eigenvalue weighted by Crippen LogP contribution is -2.60. The maximum absolute atomic E-state index is 13.4. The summed E-state index contributed by atoms with van der Waals surface area (Å²) in [5, 5.41) is 4.00. The van der Waals surface area contributed by atoms with Crippen LogP contribution in [-0.2, 0) is 15.8 Å². The fourth-order valence-corrected chi connectivity index (χ4v) is 6.61. The Hall–Kier alpha value is -2.68. The highest BCUT2D eigenvalue weighted by atomic mass is 19.4. The number of hydrogen-bond acceptors (Lipinski definition) is 4. The van der Waals surface area contributed by atoms with Gasteiger partial charge in [0.15, 0.2) is 0 Å². The number of carbonyl (C=O) groups is 3.